The highest BCUT2D eigenvalue weighted by atomic mass is 16.3. The van der Waals surface area contributed by atoms with E-state index < -0.39 is 0 Å². The second-order valence-corrected chi connectivity index (χ2v) is 12.1. The van der Waals surface area contributed by atoms with Crippen molar-refractivity contribution in [2.24, 2.45) is 0 Å². The maximum Gasteiger partial charge on any atom is 0.231 e. The predicted molar refractivity (Wildman–Crippen MR) is 167 cm³/mol. The molecule has 0 aliphatic carbocycles. The molecule has 6 rings (SSSR count). The second-order valence-electron chi connectivity index (χ2n) is 12.1. The number of aromatic hydroxyl groups is 1. The fourth-order valence-electron chi connectivity index (χ4n) is 5.43. The number of benzene rings is 4. The standard InChI is InChI=1S/C37H34N2O2/c1-36(2,3)26-19-21-31(38-23-26)29-22-24(18-20-30(29)37(4,5)25-12-7-6-8-13-25)27-15-11-17-33-34(27)39-35(41-33)28-14-9-10-16-32(28)40/h6-23,40H,1-5H3. The van der Waals surface area contributed by atoms with Crippen LogP contribution in [0.2, 0.25) is 0 Å². The first-order valence-electron chi connectivity index (χ1n) is 14.0. The van der Waals surface area contributed by atoms with E-state index in [-0.39, 0.29) is 16.6 Å². The monoisotopic (exact) mass is 538 g/mol. The summed E-state index contributed by atoms with van der Waals surface area (Å²) in [5.41, 5.74) is 9.40. The maximum absolute atomic E-state index is 10.4. The fourth-order valence-corrected chi connectivity index (χ4v) is 5.43. The minimum atomic E-state index is -0.253. The Hall–Kier alpha value is -4.70. The number of phenols is 1. The Morgan fingerprint density at radius 2 is 1.39 bits per heavy atom. The molecular formula is C37H34N2O2. The summed E-state index contributed by atoms with van der Waals surface area (Å²) in [5, 5.41) is 10.4. The summed E-state index contributed by atoms with van der Waals surface area (Å²) in [5.74, 6) is 0.534. The van der Waals surface area contributed by atoms with Crippen LogP contribution in [-0.2, 0) is 10.8 Å². The highest BCUT2D eigenvalue weighted by Gasteiger charge is 2.28. The second kappa shape index (κ2) is 10.0. The molecule has 0 fully saturated rings. The SMILES string of the molecule is CC(C)(C)c1ccc(-c2cc(-c3cccc4oc(-c5ccccc5O)nc34)ccc2C(C)(C)c2ccccc2)nc1. The van der Waals surface area contributed by atoms with Crippen LogP contribution >= 0.6 is 0 Å². The van der Waals surface area contributed by atoms with Crippen LogP contribution in [0.1, 0.15) is 51.3 Å². The summed E-state index contributed by atoms with van der Waals surface area (Å²) < 4.78 is 6.11. The van der Waals surface area contributed by atoms with Crippen LogP contribution in [-0.4, -0.2) is 15.1 Å². The molecule has 2 aromatic heterocycles. The summed E-state index contributed by atoms with van der Waals surface area (Å²) in [6, 6.07) is 34.6. The molecule has 4 aromatic carbocycles. The molecule has 0 atom stereocenters. The highest BCUT2D eigenvalue weighted by Crippen LogP contribution is 2.41. The Balaban J connectivity index is 1.53. The predicted octanol–water partition coefficient (Wildman–Crippen LogP) is 9.55. The van der Waals surface area contributed by atoms with Gasteiger partial charge >= 0.3 is 0 Å². The Morgan fingerprint density at radius 1 is 0.659 bits per heavy atom. The smallest absolute Gasteiger partial charge is 0.231 e. The Morgan fingerprint density at radius 3 is 2.10 bits per heavy atom. The molecule has 204 valence electrons. The van der Waals surface area contributed by atoms with Crippen molar-refractivity contribution >= 4 is 11.1 Å². The number of hydrogen-bond acceptors (Lipinski definition) is 4. The quantitative estimate of drug-likeness (QED) is 0.237. The molecule has 4 nitrogen and oxygen atoms in total. The van der Waals surface area contributed by atoms with Gasteiger partial charge in [0.05, 0.1) is 11.3 Å². The van der Waals surface area contributed by atoms with Crippen molar-refractivity contribution in [2.75, 3.05) is 0 Å². The zero-order chi connectivity index (χ0) is 28.8. The number of pyridine rings is 1. The van der Waals surface area contributed by atoms with Gasteiger partial charge in [0.15, 0.2) is 5.58 Å². The molecule has 0 aliphatic rings. The number of rotatable bonds is 5. The molecular weight excluding hydrogens is 504 g/mol. The first-order valence-corrected chi connectivity index (χ1v) is 14.0. The first kappa shape index (κ1) is 26.5. The Bertz CT molecular complexity index is 1840. The molecule has 0 saturated heterocycles. The van der Waals surface area contributed by atoms with Gasteiger partial charge in [0.2, 0.25) is 5.89 Å². The molecule has 0 spiro atoms. The van der Waals surface area contributed by atoms with Gasteiger partial charge in [-0.15, -0.1) is 0 Å². The Kier molecular flexibility index (Phi) is 6.50. The van der Waals surface area contributed by atoms with E-state index in [1.54, 1.807) is 12.1 Å². The lowest BCUT2D eigenvalue weighted by Crippen LogP contribution is -2.20. The van der Waals surface area contributed by atoms with Gasteiger partial charge in [0, 0.05) is 22.7 Å². The van der Waals surface area contributed by atoms with E-state index in [9.17, 15) is 5.11 Å². The van der Waals surface area contributed by atoms with Gasteiger partial charge in [-0.05, 0) is 58.0 Å². The molecule has 1 N–H and O–H groups in total. The summed E-state index contributed by atoms with van der Waals surface area (Å²) >= 11 is 0. The minimum absolute atomic E-state index is 0.0208. The normalized spacial score (nSPS) is 12.1. The highest BCUT2D eigenvalue weighted by molar-refractivity contribution is 5.93. The van der Waals surface area contributed by atoms with Crippen molar-refractivity contribution in [3.05, 3.63) is 126 Å². The molecule has 41 heavy (non-hydrogen) atoms. The molecule has 4 heteroatoms. The fraction of sp³-hybridized carbons (Fsp3) is 0.189. The van der Waals surface area contributed by atoms with Crippen LogP contribution in [0.3, 0.4) is 0 Å². The van der Waals surface area contributed by atoms with Crippen LogP contribution in [0.4, 0.5) is 0 Å². The average molecular weight is 539 g/mol. The van der Waals surface area contributed by atoms with Gasteiger partial charge in [-0.25, -0.2) is 4.98 Å². The summed E-state index contributed by atoms with van der Waals surface area (Å²) in [4.78, 5) is 9.81. The summed E-state index contributed by atoms with van der Waals surface area (Å²) in [6.07, 6.45) is 2.00. The van der Waals surface area contributed by atoms with E-state index in [1.165, 1.54) is 16.7 Å². The van der Waals surface area contributed by atoms with Gasteiger partial charge < -0.3 is 9.52 Å². The van der Waals surface area contributed by atoms with Crippen LogP contribution in [0.15, 0.2) is 114 Å². The van der Waals surface area contributed by atoms with Gasteiger partial charge in [-0.3, -0.25) is 4.98 Å². The minimum Gasteiger partial charge on any atom is -0.507 e. The molecule has 0 amide bonds. The number of hydrogen-bond donors (Lipinski definition) is 1. The molecule has 0 radical (unpaired) electrons. The van der Waals surface area contributed by atoms with E-state index in [0.717, 1.165) is 27.9 Å². The van der Waals surface area contributed by atoms with Crippen LogP contribution in [0.25, 0.3) is 44.9 Å². The van der Waals surface area contributed by atoms with Gasteiger partial charge in [0.25, 0.3) is 0 Å². The molecule has 0 aliphatic heterocycles. The number of phenolic OH excluding ortho intramolecular Hbond substituents is 1. The van der Waals surface area contributed by atoms with Gasteiger partial charge in [-0.2, -0.15) is 0 Å². The van der Waals surface area contributed by atoms with Crippen molar-refractivity contribution in [3.63, 3.8) is 0 Å². The molecule has 0 saturated carbocycles. The van der Waals surface area contributed by atoms with Crippen molar-refractivity contribution in [1.29, 1.82) is 0 Å². The summed E-state index contributed by atoms with van der Waals surface area (Å²) in [6.45, 7) is 11.1. The Labute approximate surface area is 241 Å². The van der Waals surface area contributed by atoms with Gasteiger partial charge in [-0.1, -0.05) is 107 Å². The van der Waals surface area contributed by atoms with Crippen LogP contribution in [0.5, 0.6) is 5.75 Å². The van der Waals surface area contributed by atoms with Gasteiger partial charge in [0.1, 0.15) is 11.3 Å². The topological polar surface area (TPSA) is 59.2 Å². The third-order valence-corrected chi connectivity index (χ3v) is 7.96. The maximum atomic E-state index is 10.4. The zero-order valence-corrected chi connectivity index (χ0v) is 24.1. The first-order chi connectivity index (χ1) is 19.6. The molecule has 0 unspecified atom stereocenters. The van der Waals surface area contributed by atoms with E-state index in [0.29, 0.717) is 17.0 Å². The van der Waals surface area contributed by atoms with Crippen molar-refractivity contribution in [1.82, 2.24) is 9.97 Å². The number of para-hydroxylation sites is 2. The lowest BCUT2D eigenvalue weighted by molar-refractivity contribution is 0.474. The van der Waals surface area contributed by atoms with E-state index in [1.807, 2.05) is 30.5 Å². The third-order valence-electron chi connectivity index (χ3n) is 7.96. The molecule has 2 heterocycles. The van der Waals surface area contributed by atoms with Crippen molar-refractivity contribution in [3.8, 4) is 39.6 Å². The van der Waals surface area contributed by atoms with E-state index >= 15 is 0 Å². The van der Waals surface area contributed by atoms with E-state index in [2.05, 4.69) is 101 Å². The molecule has 0 bridgehead atoms. The largest absolute Gasteiger partial charge is 0.507 e. The summed E-state index contributed by atoms with van der Waals surface area (Å²) in [7, 11) is 0. The van der Waals surface area contributed by atoms with Crippen LogP contribution < -0.4 is 0 Å². The number of aromatic nitrogens is 2. The molecule has 6 aromatic rings. The van der Waals surface area contributed by atoms with Crippen LogP contribution in [0, 0.1) is 0 Å². The number of oxazole rings is 1. The zero-order valence-electron chi connectivity index (χ0n) is 24.1. The number of fused-ring (bicyclic) bond motifs is 1. The third kappa shape index (κ3) is 4.91. The van der Waals surface area contributed by atoms with Crippen molar-refractivity contribution < 1.29 is 9.52 Å². The number of nitrogens with zero attached hydrogens (tertiary/aromatic N) is 2. The lowest BCUT2D eigenvalue weighted by Gasteiger charge is -2.29. The van der Waals surface area contributed by atoms with Crippen molar-refractivity contribution in [2.45, 2.75) is 45.4 Å². The average Bonchev–Trinajstić information content (AvgIpc) is 3.41. The van der Waals surface area contributed by atoms with E-state index in [4.69, 9.17) is 14.4 Å². The lowest BCUT2D eigenvalue weighted by atomic mass is 9.75.